The van der Waals surface area contributed by atoms with Gasteiger partial charge in [0.05, 0.1) is 18.8 Å². The number of rotatable bonds is 34. The molecule has 44 heavy (non-hydrogen) atoms. The Bertz CT molecular complexity index is 683. The molecule has 0 aromatic rings. The van der Waals surface area contributed by atoms with Crippen molar-refractivity contribution in [1.82, 2.24) is 0 Å². The van der Waals surface area contributed by atoms with E-state index in [4.69, 9.17) is 4.74 Å². The predicted octanol–water partition coefficient (Wildman–Crippen LogP) is 11.9. The Morgan fingerprint density at radius 3 is 1.34 bits per heavy atom. The highest BCUT2D eigenvalue weighted by Crippen LogP contribution is 2.15. The van der Waals surface area contributed by atoms with Crippen molar-refractivity contribution < 1.29 is 19.7 Å². The maximum atomic E-state index is 11.3. The van der Waals surface area contributed by atoms with Crippen LogP contribution in [0.3, 0.4) is 0 Å². The average molecular weight is 619 g/mol. The number of hydrogen-bond donors (Lipinski definition) is 2. The SMILES string of the molecule is C=C(C)C(=O)OCCCCCCCC/C=C\C[C@H](O)CCCCCCCCCCCCCC/C=C\C[C@H](O)CCCCCC. The first-order chi connectivity index (χ1) is 21.5. The molecule has 2 N–H and O–H groups in total. The van der Waals surface area contributed by atoms with E-state index >= 15 is 0 Å². The van der Waals surface area contributed by atoms with Crippen LogP contribution in [0.25, 0.3) is 0 Å². The fraction of sp³-hybridized carbons (Fsp3) is 0.825. The van der Waals surface area contributed by atoms with Crippen molar-refractivity contribution >= 4 is 5.97 Å². The average Bonchev–Trinajstić information content (AvgIpc) is 3.01. The largest absolute Gasteiger partial charge is 0.462 e. The van der Waals surface area contributed by atoms with Gasteiger partial charge in [0, 0.05) is 5.57 Å². The summed E-state index contributed by atoms with van der Waals surface area (Å²) in [4.78, 5) is 11.3. The van der Waals surface area contributed by atoms with Gasteiger partial charge in [0.15, 0.2) is 0 Å². The van der Waals surface area contributed by atoms with Crippen LogP contribution in [0, 0.1) is 0 Å². The van der Waals surface area contributed by atoms with Crippen molar-refractivity contribution in [2.24, 2.45) is 0 Å². The molecule has 0 unspecified atom stereocenters. The second-order valence-electron chi connectivity index (χ2n) is 13.2. The quantitative estimate of drug-likeness (QED) is 0.0326. The molecule has 0 bridgehead atoms. The third-order valence-corrected chi connectivity index (χ3v) is 8.55. The fourth-order valence-electron chi connectivity index (χ4n) is 5.55. The summed E-state index contributed by atoms with van der Waals surface area (Å²) in [5, 5.41) is 20.2. The number of allylic oxidation sites excluding steroid dienone is 2. The molecule has 0 heterocycles. The van der Waals surface area contributed by atoms with E-state index in [-0.39, 0.29) is 18.2 Å². The summed E-state index contributed by atoms with van der Waals surface area (Å²) in [7, 11) is 0. The van der Waals surface area contributed by atoms with Crippen molar-refractivity contribution in [2.75, 3.05) is 6.61 Å². The van der Waals surface area contributed by atoms with Crippen molar-refractivity contribution in [1.29, 1.82) is 0 Å². The molecule has 0 rings (SSSR count). The minimum absolute atomic E-state index is 0.141. The van der Waals surface area contributed by atoms with Gasteiger partial charge in [-0.05, 0) is 64.7 Å². The van der Waals surface area contributed by atoms with Gasteiger partial charge in [-0.1, -0.05) is 160 Å². The summed E-state index contributed by atoms with van der Waals surface area (Å²) in [5.74, 6) is -0.280. The zero-order chi connectivity index (χ0) is 32.4. The summed E-state index contributed by atoms with van der Waals surface area (Å²) in [6.45, 7) is 8.00. The Labute approximate surface area is 274 Å². The molecule has 0 aliphatic heterocycles. The Hall–Kier alpha value is -1.39. The van der Waals surface area contributed by atoms with Crippen LogP contribution in [0.1, 0.15) is 194 Å². The number of unbranched alkanes of at least 4 members (excludes halogenated alkanes) is 21. The van der Waals surface area contributed by atoms with Gasteiger partial charge in [0.2, 0.25) is 0 Å². The minimum Gasteiger partial charge on any atom is -0.462 e. The first kappa shape index (κ1) is 42.6. The second-order valence-corrected chi connectivity index (χ2v) is 13.2. The zero-order valence-corrected chi connectivity index (χ0v) is 29.4. The molecule has 0 aliphatic carbocycles. The number of hydrogen-bond acceptors (Lipinski definition) is 4. The normalized spacial score (nSPS) is 13.2. The van der Waals surface area contributed by atoms with Gasteiger partial charge in [-0.2, -0.15) is 0 Å². The molecule has 0 spiro atoms. The molecule has 2 atom stereocenters. The highest BCUT2D eigenvalue weighted by atomic mass is 16.5. The van der Waals surface area contributed by atoms with Gasteiger partial charge in [-0.25, -0.2) is 4.79 Å². The third kappa shape index (κ3) is 33.5. The number of ether oxygens (including phenoxy) is 1. The Kier molecular flexibility index (Phi) is 33.4. The number of carbonyl (C=O) groups excluding carboxylic acids is 1. The lowest BCUT2D eigenvalue weighted by molar-refractivity contribution is -0.139. The zero-order valence-electron chi connectivity index (χ0n) is 29.4. The van der Waals surface area contributed by atoms with E-state index in [1.54, 1.807) is 6.92 Å². The number of carbonyl (C=O) groups is 1. The first-order valence-corrected chi connectivity index (χ1v) is 19.0. The van der Waals surface area contributed by atoms with Crippen molar-refractivity contribution in [2.45, 2.75) is 206 Å². The van der Waals surface area contributed by atoms with E-state index in [0.717, 1.165) is 64.2 Å². The number of aliphatic hydroxyl groups is 2. The maximum Gasteiger partial charge on any atom is 0.333 e. The molecule has 0 amide bonds. The van der Waals surface area contributed by atoms with Gasteiger partial charge in [0.1, 0.15) is 0 Å². The Balaban J connectivity index is 3.31. The Morgan fingerprint density at radius 1 is 0.568 bits per heavy atom. The second kappa shape index (κ2) is 34.5. The molecule has 0 aromatic heterocycles. The topological polar surface area (TPSA) is 66.8 Å². The molecule has 0 aromatic carbocycles. The van der Waals surface area contributed by atoms with E-state index in [1.165, 1.54) is 116 Å². The van der Waals surface area contributed by atoms with Crippen LogP contribution < -0.4 is 0 Å². The molecule has 0 radical (unpaired) electrons. The molecule has 0 fully saturated rings. The van der Waals surface area contributed by atoms with Crippen molar-refractivity contribution in [3.63, 3.8) is 0 Å². The van der Waals surface area contributed by atoms with E-state index in [9.17, 15) is 15.0 Å². The number of esters is 1. The van der Waals surface area contributed by atoms with Crippen LogP contribution in [-0.2, 0) is 9.53 Å². The molecule has 0 aliphatic rings. The summed E-state index contributed by atoms with van der Waals surface area (Å²) in [5.41, 5.74) is 0.469. The molecule has 0 saturated carbocycles. The summed E-state index contributed by atoms with van der Waals surface area (Å²) in [6.07, 6.45) is 42.2. The first-order valence-electron chi connectivity index (χ1n) is 19.0. The molecular formula is C40H74O4. The lowest BCUT2D eigenvalue weighted by Gasteiger charge is -2.08. The summed E-state index contributed by atoms with van der Waals surface area (Å²) < 4.78 is 5.11. The fourth-order valence-corrected chi connectivity index (χ4v) is 5.55. The standard InChI is InChI=1S/C40H74O4/c1-4-5-6-27-32-38(41)33-28-23-19-15-12-10-8-7-9-11-13-16-20-24-29-34-39(42)35-30-25-21-17-14-18-22-26-31-36-44-40(43)37(2)3/h23,25,28,30,38-39,41-42H,2,4-22,24,26-27,29,31-36H2,1,3H3/b28-23-,30-25-/t38-,39-/m1/s1. The van der Waals surface area contributed by atoms with Gasteiger partial charge < -0.3 is 14.9 Å². The van der Waals surface area contributed by atoms with Crippen LogP contribution in [-0.4, -0.2) is 35.0 Å². The number of aliphatic hydroxyl groups excluding tert-OH is 2. The van der Waals surface area contributed by atoms with E-state index in [2.05, 4.69) is 37.8 Å². The molecule has 258 valence electrons. The van der Waals surface area contributed by atoms with Gasteiger partial charge in [-0.3, -0.25) is 0 Å². The third-order valence-electron chi connectivity index (χ3n) is 8.55. The van der Waals surface area contributed by atoms with E-state index in [1.807, 2.05) is 0 Å². The van der Waals surface area contributed by atoms with Gasteiger partial charge in [0.25, 0.3) is 0 Å². The van der Waals surface area contributed by atoms with Gasteiger partial charge >= 0.3 is 5.97 Å². The maximum absolute atomic E-state index is 11.3. The molecule has 4 nitrogen and oxygen atoms in total. The summed E-state index contributed by atoms with van der Waals surface area (Å²) >= 11 is 0. The van der Waals surface area contributed by atoms with Crippen molar-refractivity contribution in [3.05, 3.63) is 36.5 Å². The highest BCUT2D eigenvalue weighted by molar-refractivity contribution is 5.86. The minimum atomic E-state index is -0.280. The van der Waals surface area contributed by atoms with E-state index in [0.29, 0.717) is 12.2 Å². The van der Waals surface area contributed by atoms with Crippen LogP contribution >= 0.6 is 0 Å². The Morgan fingerprint density at radius 2 is 0.932 bits per heavy atom. The monoisotopic (exact) mass is 619 g/mol. The van der Waals surface area contributed by atoms with Crippen LogP contribution in [0.2, 0.25) is 0 Å². The summed E-state index contributed by atoms with van der Waals surface area (Å²) in [6, 6.07) is 0. The molecule has 4 heteroatoms. The van der Waals surface area contributed by atoms with E-state index < -0.39 is 0 Å². The lowest BCUT2D eigenvalue weighted by Crippen LogP contribution is -2.05. The van der Waals surface area contributed by atoms with Crippen LogP contribution in [0.15, 0.2) is 36.5 Å². The smallest absolute Gasteiger partial charge is 0.333 e. The van der Waals surface area contributed by atoms with Gasteiger partial charge in [-0.15, -0.1) is 0 Å². The highest BCUT2D eigenvalue weighted by Gasteiger charge is 2.03. The molecule has 0 saturated heterocycles. The molecular weight excluding hydrogens is 544 g/mol. The predicted molar refractivity (Wildman–Crippen MR) is 191 cm³/mol. The van der Waals surface area contributed by atoms with Crippen LogP contribution in [0.5, 0.6) is 0 Å². The van der Waals surface area contributed by atoms with Crippen LogP contribution in [0.4, 0.5) is 0 Å². The lowest BCUT2D eigenvalue weighted by atomic mass is 10.0. The van der Waals surface area contributed by atoms with Crippen molar-refractivity contribution in [3.8, 4) is 0 Å².